The SMILES string of the molecule is CCOC(=O)C1=C(NC(=O)c2ccc(Cl)cc2)Oc2ccc3ccccc3c2C1c1ccccc1. The molecule has 0 bridgehead atoms. The summed E-state index contributed by atoms with van der Waals surface area (Å²) >= 11 is 5.97. The van der Waals surface area contributed by atoms with Gasteiger partial charge in [-0.05, 0) is 53.6 Å². The van der Waals surface area contributed by atoms with Crippen LogP contribution in [0.3, 0.4) is 0 Å². The van der Waals surface area contributed by atoms with Crippen LogP contribution in [0.2, 0.25) is 5.02 Å². The molecule has 1 aliphatic rings. The molecule has 5 nitrogen and oxygen atoms in total. The molecule has 5 rings (SSSR count). The van der Waals surface area contributed by atoms with Crippen molar-refractivity contribution in [3.05, 3.63) is 124 Å². The second kappa shape index (κ2) is 9.65. The molecular formula is C29H22ClNO4. The summed E-state index contributed by atoms with van der Waals surface area (Å²) in [6.45, 7) is 1.93. The molecule has 1 aliphatic heterocycles. The van der Waals surface area contributed by atoms with E-state index in [1.54, 1.807) is 31.2 Å². The van der Waals surface area contributed by atoms with Crippen molar-refractivity contribution in [1.29, 1.82) is 0 Å². The number of amides is 1. The van der Waals surface area contributed by atoms with Gasteiger partial charge in [0.1, 0.15) is 11.3 Å². The minimum Gasteiger partial charge on any atom is -0.462 e. The lowest BCUT2D eigenvalue weighted by molar-refractivity contribution is -0.139. The van der Waals surface area contributed by atoms with E-state index >= 15 is 0 Å². The fraction of sp³-hybridized carbons (Fsp3) is 0.103. The van der Waals surface area contributed by atoms with Gasteiger partial charge in [0.05, 0.1) is 12.5 Å². The Hall–Kier alpha value is -4.09. The summed E-state index contributed by atoms with van der Waals surface area (Å²) in [5, 5.41) is 5.31. The standard InChI is InChI=1S/C29H22ClNO4/c1-2-34-29(33)26-24(19-9-4-3-5-10-19)25-22-11-7-6-8-18(22)14-17-23(25)35-28(26)31-27(32)20-12-15-21(30)16-13-20/h3-17,24H,2H2,1H3,(H,31,32). The first kappa shape index (κ1) is 22.7. The number of benzene rings is 4. The number of rotatable bonds is 5. The van der Waals surface area contributed by atoms with Crippen molar-refractivity contribution >= 4 is 34.2 Å². The molecule has 1 amide bonds. The average Bonchev–Trinajstić information content (AvgIpc) is 2.88. The largest absolute Gasteiger partial charge is 0.462 e. The van der Waals surface area contributed by atoms with E-state index in [0.29, 0.717) is 16.3 Å². The predicted molar refractivity (Wildman–Crippen MR) is 135 cm³/mol. The summed E-state index contributed by atoms with van der Waals surface area (Å²) in [6, 6.07) is 27.9. The number of halogens is 1. The van der Waals surface area contributed by atoms with Crippen LogP contribution < -0.4 is 10.1 Å². The van der Waals surface area contributed by atoms with Crippen molar-refractivity contribution < 1.29 is 19.1 Å². The molecule has 1 N–H and O–H groups in total. The van der Waals surface area contributed by atoms with E-state index in [2.05, 4.69) is 5.32 Å². The Labute approximate surface area is 207 Å². The van der Waals surface area contributed by atoms with Gasteiger partial charge < -0.3 is 9.47 Å². The summed E-state index contributed by atoms with van der Waals surface area (Å²) in [6.07, 6.45) is 0. The van der Waals surface area contributed by atoms with Crippen LogP contribution in [0.4, 0.5) is 0 Å². The lowest BCUT2D eigenvalue weighted by Gasteiger charge is -2.31. The molecule has 1 heterocycles. The molecule has 4 aromatic rings. The highest BCUT2D eigenvalue weighted by molar-refractivity contribution is 6.30. The van der Waals surface area contributed by atoms with Crippen molar-refractivity contribution in [2.75, 3.05) is 6.61 Å². The highest BCUT2D eigenvalue weighted by Gasteiger charge is 2.38. The van der Waals surface area contributed by atoms with Gasteiger partial charge in [-0.15, -0.1) is 0 Å². The Morgan fingerprint density at radius 2 is 1.63 bits per heavy atom. The summed E-state index contributed by atoms with van der Waals surface area (Å²) in [5.41, 5.74) is 2.36. The van der Waals surface area contributed by atoms with Crippen LogP contribution in [0.25, 0.3) is 10.8 Å². The number of esters is 1. The minimum atomic E-state index is -0.550. The van der Waals surface area contributed by atoms with Crippen LogP contribution >= 0.6 is 11.6 Å². The highest BCUT2D eigenvalue weighted by atomic mass is 35.5. The monoisotopic (exact) mass is 483 g/mol. The number of hydrogen-bond donors (Lipinski definition) is 1. The molecule has 174 valence electrons. The lowest BCUT2D eigenvalue weighted by Crippen LogP contribution is -2.34. The first-order valence-electron chi connectivity index (χ1n) is 11.3. The van der Waals surface area contributed by atoms with Crippen molar-refractivity contribution in [3.63, 3.8) is 0 Å². The topological polar surface area (TPSA) is 64.6 Å². The Morgan fingerprint density at radius 1 is 0.914 bits per heavy atom. The van der Waals surface area contributed by atoms with Crippen LogP contribution in [0.5, 0.6) is 5.75 Å². The molecular weight excluding hydrogens is 462 g/mol. The van der Waals surface area contributed by atoms with E-state index in [4.69, 9.17) is 21.1 Å². The normalized spacial score (nSPS) is 14.7. The van der Waals surface area contributed by atoms with Gasteiger partial charge in [0.15, 0.2) is 0 Å². The van der Waals surface area contributed by atoms with Gasteiger partial charge in [-0.2, -0.15) is 0 Å². The molecule has 1 unspecified atom stereocenters. The van der Waals surface area contributed by atoms with Crippen molar-refractivity contribution in [2.24, 2.45) is 0 Å². The zero-order chi connectivity index (χ0) is 24.4. The van der Waals surface area contributed by atoms with Gasteiger partial charge in [-0.3, -0.25) is 10.1 Å². The molecule has 0 aliphatic carbocycles. The summed E-state index contributed by atoms with van der Waals surface area (Å²) in [7, 11) is 0. The van der Waals surface area contributed by atoms with Gasteiger partial charge >= 0.3 is 5.97 Å². The minimum absolute atomic E-state index is 0.0556. The Morgan fingerprint density at radius 3 is 2.37 bits per heavy atom. The van der Waals surface area contributed by atoms with Gasteiger partial charge in [-0.25, -0.2) is 4.79 Å². The molecule has 0 radical (unpaired) electrons. The fourth-order valence-electron chi connectivity index (χ4n) is 4.37. The molecule has 35 heavy (non-hydrogen) atoms. The third kappa shape index (κ3) is 4.38. The number of carbonyl (C=O) groups is 2. The van der Waals surface area contributed by atoms with E-state index < -0.39 is 17.8 Å². The van der Waals surface area contributed by atoms with E-state index in [0.717, 1.165) is 21.9 Å². The quantitative estimate of drug-likeness (QED) is 0.342. The first-order chi connectivity index (χ1) is 17.1. The molecule has 0 aromatic heterocycles. The zero-order valence-corrected chi connectivity index (χ0v) is 19.7. The maximum atomic E-state index is 13.4. The zero-order valence-electron chi connectivity index (χ0n) is 19.0. The molecule has 0 fully saturated rings. The maximum Gasteiger partial charge on any atom is 0.340 e. The molecule has 0 saturated carbocycles. The van der Waals surface area contributed by atoms with Gasteiger partial charge in [-0.1, -0.05) is 72.3 Å². The van der Waals surface area contributed by atoms with Crippen LogP contribution in [-0.2, 0) is 9.53 Å². The molecule has 0 saturated heterocycles. The van der Waals surface area contributed by atoms with Crippen LogP contribution in [0.15, 0.2) is 102 Å². The number of carbonyl (C=O) groups excluding carboxylic acids is 2. The van der Waals surface area contributed by atoms with Crippen molar-refractivity contribution in [2.45, 2.75) is 12.8 Å². The molecule has 1 atom stereocenters. The summed E-state index contributed by atoms with van der Waals surface area (Å²) < 4.78 is 11.7. The number of hydrogen-bond acceptors (Lipinski definition) is 4. The Bertz CT molecular complexity index is 1450. The number of ether oxygens (including phenoxy) is 2. The average molecular weight is 484 g/mol. The predicted octanol–water partition coefficient (Wildman–Crippen LogP) is 6.22. The molecule has 0 spiro atoms. The van der Waals surface area contributed by atoms with E-state index in [9.17, 15) is 9.59 Å². The Kier molecular flexibility index (Phi) is 6.25. The van der Waals surface area contributed by atoms with Gasteiger partial charge in [0.25, 0.3) is 5.91 Å². The second-order valence-electron chi connectivity index (χ2n) is 8.07. The van der Waals surface area contributed by atoms with Crippen LogP contribution in [0.1, 0.15) is 34.3 Å². The smallest absolute Gasteiger partial charge is 0.340 e. The fourth-order valence-corrected chi connectivity index (χ4v) is 4.50. The van der Waals surface area contributed by atoms with Crippen molar-refractivity contribution in [3.8, 4) is 5.75 Å². The lowest BCUT2D eigenvalue weighted by atomic mass is 9.80. The molecule has 6 heteroatoms. The first-order valence-corrected chi connectivity index (χ1v) is 11.7. The third-order valence-corrected chi connectivity index (χ3v) is 6.18. The van der Waals surface area contributed by atoms with E-state index in [-0.39, 0.29) is 18.1 Å². The van der Waals surface area contributed by atoms with Crippen molar-refractivity contribution in [1.82, 2.24) is 5.32 Å². The van der Waals surface area contributed by atoms with Gasteiger partial charge in [0.2, 0.25) is 5.88 Å². The van der Waals surface area contributed by atoms with Gasteiger partial charge in [0, 0.05) is 16.1 Å². The number of fused-ring (bicyclic) bond motifs is 3. The van der Waals surface area contributed by atoms with E-state index in [1.807, 2.05) is 66.7 Å². The highest BCUT2D eigenvalue weighted by Crippen LogP contribution is 2.46. The van der Waals surface area contributed by atoms with E-state index in [1.165, 1.54) is 0 Å². The van der Waals surface area contributed by atoms with Crippen LogP contribution in [-0.4, -0.2) is 18.5 Å². The number of nitrogens with one attached hydrogen (secondary N) is 1. The summed E-state index contributed by atoms with van der Waals surface area (Å²) in [5.74, 6) is -0.858. The van der Waals surface area contributed by atoms with Crippen LogP contribution in [0, 0.1) is 0 Å². The third-order valence-electron chi connectivity index (χ3n) is 5.93. The Balaban J connectivity index is 1.71. The molecule has 4 aromatic carbocycles. The summed E-state index contributed by atoms with van der Waals surface area (Å²) in [4.78, 5) is 26.5. The maximum absolute atomic E-state index is 13.4. The second-order valence-corrected chi connectivity index (χ2v) is 8.50.